The number of ether oxygens (including phenoxy) is 1. The summed E-state index contributed by atoms with van der Waals surface area (Å²) >= 11 is 7.57. The van der Waals surface area contributed by atoms with Crippen LogP contribution in [0, 0.1) is 0 Å². The summed E-state index contributed by atoms with van der Waals surface area (Å²) < 4.78 is 6.07. The number of likely N-dealkylation sites (N-methyl/N-ethyl adjacent to an activating group) is 1. The third kappa shape index (κ3) is 3.00. The summed E-state index contributed by atoms with van der Waals surface area (Å²) in [7, 11) is 1.63. The van der Waals surface area contributed by atoms with Crippen LogP contribution in [-0.2, 0) is 4.74 Å². The van der Waals surface area contributed by atoms with E-state index in [-0.39, 0.29) is 11.9 Å². The number of nitrogen functional groups attached to an aromatic ring is 1. The second-order valence-electron chi connectivity index (χ2n) is 4.85. The van der Waals surface area contributed by atoms with Crippen molar-refractivity contribution in [2.75, 3.05) is 26.0 Å². The Balaban J connectivity index is 2.43. The van der Waals surface area contributed by atoms with Crippen LogP contribution in [0.25, 0.3) is 10.1 Å². The number of hydrogen-bond donors (Lipinski definition) is 1. The van der Waals surface area contributed by atoms with Crippen LogP contribution in [-0.4, -0.2) is 37.1 Å². The second-order valence-corrected chi connectivity index (χ2v) is 6.31. The van der Waals surface area contributed by atoms with Crippen LogP contribution < -0.4 is 5.73 Å². The summed E-state index contributed by atoms with van der Waals surface area (Å²) in [4.78, 5) is 15.1. The highest BCUT2D eigenvalue weighted by Gasteiger charge is 2.25. The normalized spacial score (nSPS) is 12.6. The van der Waals surface area contributed by atoms with Crippen molar-refractivity contribution in [3.63, 3.8) is 0 Å². The van der Waals surface area contributed by atoms with Gasteiger partial charge < -0.3 is 15.4 Å². The lowest BCUT2D eigenvalue weighted by Gasteiger charge is -2.27. The standard InChI is InChI=1S/C15H19ClN2O2S/c1-4-18(9(2)8-20-3)15(19)14-13(17)12-10(16)6-5-7-11(12)21-14/h5-7,9H,4,8,17H2,1-3H3. The fraction of sp³-hybridized carbons (Fsp3) is 0.400. The first kappa shape index (κ1) is 16.1. The number of carbonyl (C=O) groups is 1. The number of carbonyl (C=O) groups excluding carboxylic acids is 1. The van der Waals surface area contributed by atoms with Gasteiger partial charge in [0.05, 0.1) is 23.4 Å². The zero-order valence-electron chi connectivity index (χ0n) is 12.4. The van der Waals surface area contributed by atoms with Gasteiger partial charge in [0.25, 0.3) is 5.91 Å². The molecule has 1 atom stereocenters. The van der Waals surface area contributed by atoms with Crippen LogP contribution in [0.5, 0.6) is 0 Å². The van der Waals surface area contributed by atoms with Gasteiger partial charge in [-0.1, -0.05) is 17.7 Å². The number of thiophene rings is 1. The summed E-state index contributed by atoms with van der Waals surface area (Å²) in [5.74, 6) is -0.0724. The number of anilines is 1. The van der Waals surface area contributed by atoms with Crippen LogP contribution in [0.3, 0.4) is 0 Å². The highest BCUT2D eigenvalue weighted by molar-refractivity contribution is 7.21. The molecule has 0 aliphatic carbocycles. The van der Waals surface area contributed by atoms with Crippen molar-refractivity contribution in [1.29, 1.82) is 0 Å². The Morgan fingerprint density at radius 3 is 2.81 bits per heavy atom. The number of halogens is 1. The summed E-state index contributed by atoms with van der Waals surface area (Å²) in [6.45, 7) is 5.00. The third-order valence-corrected chi connectivity index (χ3v) is 4.91. The van der Waals surface area contributed by atoms with Crippen molar-refractivity contribution in [1.82, 2.24) is 4.90 Å². The molecule has 0 saturated heterocycles. The van der Waals surface area contributed by atoms with Gasteiger partial charge in [0.15, 0.2) is 0 Å². The Hall–Kier alpha value is -1.30. The summed E-state index contributed by atoms with van der Waals surface area (Å²) in [5, 5.41) is 1.34. The van der Waals surface area contributed by atoms with Crippen LogP contribution in [0.15, 0.2) is 18.2 Å². The molecule has 1 aromatic heterocycles. The molecule has 0 bridgehead atoms. The average Bonchev–Trinajstić information content (AvgIpc) is 2.78. The van der Waals surface area contributed by atoms with E-state index >= 15 is 0 Å². The predicted octanol–water partition coefficient (Wildman–Crippen LogP) is 3.63. The van der Waals surface area contributed by atoms with Crippen LogP contribution >= 0.6 is 22.9 Å². The Morgan fingerprint density at radius 1 is 1.52 bits per heavy atom. The van der Waals surface area contributed by atoms with Gasteiger partial charge in [-0.05, 0) is 26.0 Å². The van der Waals surface area contributed by atoms with E-state index in [1.165, 1.54) is 11.3 Å². The Morgan fingerprint density at radius 2 is 2.24 bits per heavy atom. The molecule has 0 aliphatic rings. The molecule has 1 heterocycles. The highest BCUT2D eigenvalue weighted by Crippen LogP contribution is 2.38. The molecule has 2 rings (SSSR count). The number of fused-ring (bicyclic) bond motifs is 1. The SMILES string of the molecule is CCN(C(=O)c1sc2cccc(Cl)c2c1N)C(C)COC. The molecule has 0 fully saturated rings. The van der Waals surface area contributed by atoms with E-state index in [1.807, 2.05) is 26.0 Å². The Kier molecular flexibility index (Phi) is 5.08. The molecule has 2 aromatic rings. The first-order valence-electron chi connectivity index (χ1n) is 6.77. The molecule has 1 unspecified atom stereocenters. The molecule has 0 radical (unpaired) electrons. The Labute approximate surface area is 133 Å². The van der Waals surface area contributed by atoms with Gasteiger partial charge in [0.1, 0.15) is 4.88 Å². The molecule has 21 heavy (non-hydrogen) atoms. The lowest BCUT2D eigenvalue weighted by molar-refractivity contribution is 0.0585. The average molecular weight is 327 g/mol. The third-order valence-electron chi connectivity index (χ3n) is 3.44. The number of nitrogens with zero attached hydrogens (tertiary/aromatic N) is 1. The summed E-state index contributed by atoms with van der Waals surface area (Å²) in [6, 6.07) is 5.56. The fourth-order valence-electron chi connectivity index (χ4n) is 2.41. The van der Waals surface area contributed by atoms with Gasteiger partial charge >= 0.3 is 0 Å². The van der Waals surface area contributed by atoms with E-state index < -0.39 is 0 Å². The van der Waals surface area contributed by atoms with Crippen molar-refractivity contribution in [2.45, 2.75) is 19.9 Å². The summed E-state index contributed by atoms with van der Waals surface area (Å²) in [5.41, 5.74) is 6.62. The van der Waals surface area contributed by atoms with Gasteiger partial charge in [-0.25, -0.2) is 0 Å². The zero-order valence-corrected chi connectivity index (χ0v) is 13.9. The first-order valence-corrected chi connectivity index (χ1v) is 7.97. The van der Waals surface area contributed by atoms with Gasteiger partial charge in [0.2, 0.25) is 0 Å². The molecule has 2 N–H and O–H groups in total. The van der Waals surface area contributed by atoms with Gasteiger partial charge in [-0.2, -0.15) is 0 Å². The maximum absolute atomic E-state index is 12.8. The van der Waals surface area contributed by atoms with Gasteiger partial charge in [-0.15, -0.1) is 11.3 Å². The molecule has 1 aromatic carbocycles. The van der Waals surface area contributed by atoms with Crippen molar-refractivity contribution in [2.24, 2.45) is 0 Å². The maximum atomic E-state index is 12.8. The minimum absolute atomic E-state index is 0.00687. The van der Waals surface area contributed by atoms with Crippen LogP contribution in [0.4, 0.5) is 5.69 Å². The topological polar surface area (TPSA) is 55.6 Å². The van der Waals surface area contributed by atoms with Crippen molar-refractivity contribution >= 4 is 44.6 Å². The highest BCUT2D eigenvalue weighted by atomic mass is 35.5. The molecular weight excluding hydrogens is 308 g/mol. The molecule has 0 spiro atoms. The maximum Gasteiger partial charge on any atom is 0.266 e. The van der Waals surface area contributed by atoms with E-state index in [0.717, 1.165) is 10.1 Å². The quantitative estimate of drug-likeness (QED) is 0.912. The minimum atomic E-state index is -0.0724. The number of benzene rings is 1. The smallest absolute Gasteiger partial charge is 0.266 e. The summed E-state index contributed by atoms with van der Waals surface area (Å²) in [6.07, 6.45) is 0. The molecule has 0 aliphatic heterocycles. The fourth-order valence-corrected chi connectivity index (χ4v) is 3.84. The number of amides is 1. The van der Waals surface area contributed by atoms with Crippen LogP contribution in [0.2, 0.25) is 5.02 Å². The van der Waals surface area contributed by atoms with E-state index in [4.69, 9.17) is 22.1 Å². The molecule has 4 nitrogen and oxygen atoms in total. The van der Waals surface area contributed by atoms with Gasteiger partial charge in [-0.3, -0.25) is 4.79 Å². The molecule has 114 valence electrons. The number of rotatable bonds is 5. The van der Waals surface area contributed by atoms with E-state index in [2.05, 4.69) is 0 Å². The second kappa shape index (κ2) is 6.64. The molecule has 0 saturated carbocycles. The predicted molar refractivity (Wildman–Crippen MR) is 89.3 cm³/mol. The number of hydrogen-bond acceptors (Lipinski definition) is 4. The lowest BCUT2D eigenvalue weighted by Crippen LogP contribution is -2.40. The van der Waals surface area contributed by atoms with E-state index in [1.54, 1.807) is 18.1 Å². The lowest BCUT2D eigenvalue weighted by atomic mass is 10.2. The van der Waals surface area contributed by atoms with Gasteiger partial charge in [0, 0.05) is 23.7 Å². The van der Waals surface area contributed by atoms with E-state index in [9.17, 15) is 4.79 Å². The van der Waals surface area contributed by atoms with Crippen molar-refractivity contribution in [3.8, 4) is 0 Å². The van der Waals surface area contributed by atoms with Crippen molar-refractivity contribution in [3.05, 3.63) is 28.1 Å². The van der Waals surface area contributed by atoms with E-state index in [0.29, 0.717) is 28.7 Å². The largest absolute Gasteiger partial charge is 0.397 e. The molecule has 1 amide bonds. The number of methoxy groups -OCH3 is 1. The first-order chi connectivity index (χ1) is 10.0. The zero-order chi connectivity index (χ0) is 15.6. The van der Waals surface area contributed by atoms with Crippen LogP contribution in [0.1, 0.15) is 23.5 Å². The minimum Gasteiger partial charge on any atom is -0.397 e. The molecule has 6 heteroatoms. The monoisotopic (exact) mass is 326 g/mol. The van der Waals surface area contributed by atoms with Crippen molar-refractivity contribution < 1.29 is 9.53 Å². The number of nitrogens with two attached hydrogens (primary N) is 1. The Bertz CT molecular complexity index is 656. The molecular formula is C15H19ClN2O2S.